The van der Waals surface area contributed by atoms with Crippen molar-refractivity contribution in [2.24, 2.45) is 5.73 Å². The number of methoxy groups -OCH3 is 1. The van der Waals surface area contributed by atoms with Crippen molar-refractivity contribution in [3.8, 4) is 11.5 Å². The lowest BCUT2D eigenvalue weighted by Crippen LogP contribution is -2.48. The quantitative estimate of drug-likeness (QED) is 0.611. The molecular weight excluding hydrogens is 298 g/mol. The van der Waals surface area contributed by atoms with Gasteiger partial charge in [-0.15, -0.1) is 0 Å². The summed E-state index contributed by atoms with van der Waals surface area (Å²) in [6, 6.07) is 4.89. The molecule has 0 aromatic heterocycles. The number of rotatable bonds is 7. The Bertz CT molecular complexity index is 565. The smallest absolute Gasteiger partial charge is 0.331 e. The molecule has 0 heterocycles. The summed E-state index contributed by atoms with van der Waals surface area (Å²) in [7, 11) is 1.52. The third-order valence-electron chi connectivity index (χ3n) is 3.15. The van der Waals surface area contributed by atoms with Gasteiger partial charge in [0.15, 0.2) is 11.5 Å². The summed E-state index contributed by atoms with van der Waals surface area (Å²) in [5.74, 6) is 0.315. The molecule has 0 radical (unpaired) electrons. The van der Waals surface area contributed by atoms with Crippen LogP contribution < -0.4 is 15.2 Å². The molecule has 0 fully saturated rings. The molecule has 1 rings (SSSR count). The van der Waals surface area contributed by atoms with E-state index in [9.17, 15) is 9.59 Å². The molecule has 0 amide bonds. The Morgan fingerprint density at radius 2 is 1.91 bits per heavy atom. The maximum atomic E-state index is 12.5. The van der Waals surface area contributed by atoms with Crippen molar-refractivity contribution in [3.05, 3.63) is 23.8 Å². The number of carbonyl (C=O) groups excluding carboxylic acids is 2. The Balaban J connectivity index is 3.30. The van der Waals surface area contributed by atoms with Crippen LogP contribution in [0.25, 0.3) is 0 Å². The fourth-order valence-electron chi connectivity index (χ4n) is 2.04. The predicted octanol–water partition coefficient (Wildman–Crippen LogP) is 2.18. The van der Waals surface area contributed by atoms with Crippen molar-refractivity contribution in [2.45, 2.75) is 45.3 Å². The van der Waals surface area contributed by atoms with Gasteiger partial charge in [-0.2, -0.15) is 0 Å². The second-order valence-electron chi connectivity index (χ2n) is 6.14. The van der Waals surface area contributed by atoms with Gasteiger partial charge in [-0.3, -0.25) is 0 Å². The predicted molar refractivity (Wildman–Crippen MR) is 86.6 cm³/mol. The maximum Gasteiger partial charge on any atom is 0.331 e. The lowest BCUT2D eigenvalue weighted by Gasteiger charge is -2.30. The highest BCUT2D eigenvalue weighted by Crippen LogP contribution is 2.34. The summed E-state index contributed by atoms with van der Waals surface area (Å²) < 4.78 is 16.1. The standard InChI is InChI=1S/C17H25NO5/c1-6-22-14-11-12(7-8-13(14)21-5)17(18,9-10-19)15(20)23-16(2,3)4/h7-8,10-11H,6,9,18H2,1-5H3. The van der Waals surface area contributed by atoms with Crippen molar-refractivity contribution in [3.63, 3.8) is 0 Å². The summed E-state index contributed by atoms with van der Waals surface area (Å²) in [5, 5.41) is 0. The monoisotopic (exact) mass is 323 g/mol. The summed E-state index contributed by atoms with van der Waals surface area (Å²) in [6.07, 6.45) is 0.411. The van der Waals surface area contributed by atoms with Crippen LogP contribution in [0.1, 0.15) is 39.7 Å². The zero-order valence-corrected chi connectivity index (χ0v) is 14.3. The molecule has 1 aromatic carbocycles. The van der Waals surface area contributed by atoms with Crippen LogP contribution in [0.3, 0.4) is 0 Å². The van der Waals surface area contributed by atoms with Gasteiger partial charge < -0.3 is 24.7 Å². The van der Waals surface area contributed by atoms with Gasteiger partial charge in [0.2, 0.25) is 0 Å². The van der Waals surface area contributed by atoms with Crippen molar-refractivity contribution >= 4 is 12.3 Å². The van der Waals surface area contributed by atoms with Crippen LogP contribution in [0.5, 0.6) is 11.5 Å². The lowest BCUT2D eigenvalue weighted by molar-refractivity contribution is -0.163. The highest BCUT2D eigenvalue weighted by molar-refractivity contribution is 5.86. The molecule has 0 spiro atoms. The van der Waals surface area contributed by atoms with Crippen LogP contribution in [0, 0.1) is 0 Å². The van der Waals surface area contributed by atoms with E-state index in [1.807, 2.05) is 6.92 Å². The third-order valence-corrected chi connectivity index (χ3v) is 3.15. The van der Waals surface area contributed by atoms with E-state index in [0.29, 0.717) is 30.0 Å². The minimum Gasteiger partial charge on any atom is -0.493 e. The Labute approximate surface area is 136 Å². The van der Waals surface area contributed by atoms with E-state index >= 15 is 0 Å². The lowest BCUT2D eigenvalue weighted by atomic mass is 9.87. The van der Waals surface area contributed by atoms with Crippen LogP contribution >= 0.6 is 0 Å². The van der Waals surface area contributed by atoms with E-state index in [1.54, 1.807) is 39.0 Å². The number of hydrogen-bond acceptors (Lipinski definition) is 6. The summed E-state index contributed by atoms with van der Waals surface area (Å²) >= 11 is 0. The molecule has 0 aliphatic carbocycles. The number of nitrogens with two attached hydrogens (primary N) is 1. The largest absolute Gasteiger partial charge is 0.493 e. The Kier molecular flexibility index (Phi) is 6.15. The highest BCUT2D eigenvalue weighted by Gasteiger charge is 2.40. The zero-order chi connectivity index (χ0) is 17.7. The normalized spacial score (nSPS) is 13.8. The molecule has 0 aliphatic heterocycles. The molecule has 23 heavy (non-hydrogen) atoms. The number of ether oxygens (including phenoxy) is 3. The number of hydrogen-bond donors (Lipinski definition) is 1. The average Bonchev–Trinajstić information content (AvgIpc) is 2.45. The van der Waals surface area contributed by atoms with E-state index in [1.165, 1.54) is 7.11 Å². The molecule has 0 saturated heterocycles. The van der Waals surface area contributed by atoms with Crippen molar-refractivity contribution in [2.75, 3.05) is 13.7 Å². The molecule has 1 aromatic rings. The SMILES string of the molecule is CCOc1cc(C(N)(CC=O)C(=O)OC(C)(C)C)ccc1OC. The molecule has 0 aliphatic rings. The molecule has 1 unspecified atom stereocenters. The van der Waals surface area contributed by atoms with E-state index in [4.69, 9.17) is 19.9 Å². The average molecular weight is 323 g/mol. The molecule has 0 bridgehead atoms. The molecule has 6 nitrogen and oxygen atoms in total. The number of benzene rings is 1. The first kappa shape index (κ1) is 19.0. The summed E-state index contributed by atoms with van der Waals surface area (Å²) in [6.45, 7) is 7.49. The minimum absolute atomic E-state index is 0.195. The molecule has 1 atom stereocenters. The fourth-order valence-corrected chi connectivity index (χ4v) is 2.04. The van der Waals surface area contributed by atoms with Gasteiger partial charge in [0.25, 0.3) is 0 Å². The van der Waals surface area contributed by atoms with Crippen LogP contribution in [0.4, 0.5) is 0 Å². The topological polar surface area (TPSA) is 87.9 Å². The Morgan fingerprint density at radius 1 is 1.26 bits per heavy atom. The molecular formula is C17H25NO5. The molecule has 2 N–H and O–H groups in total. The first-order valence-corrected chi connectivity index (χ1v) is 7.45. The van der Waals surface area contributed by atoms with E-state index < -0.39 is 17.1 Å². The maximum absolute atomic E-state index is 12.5. The van der Waals surface area contributed by atoms with Crippen LogP contribution in [-0.2, 0) is 19.9 Å². The highest BCUT2D eigenvalue weighted by atomic mass is 16.6. The summed E-state index contributed by atoms with van der Waals surface area (Å²) in [4.78, 5) is 23.6. The van der Waals surface area contributed by atoms with Crippen molar-refractivity contribution in [1.29, 1.82) is 0 Å². The minimum atomic E-state index is -1.58. The van der Waals surface area contributed by atoms with Gasteiger partial charge in [-0.1, -0.05) is 6.07 Å². The number of aldehydes is 1. The number of esters is 1. The zero-order valence-electron chi connectivity index (χ0n) is 14.3. The molecule has 0 saturated carbocycles. The van der Waals surface area contributed by atoms with Crippen LogP contribution in [0.2, 0.25) is 0 Å². The fraction of sp³-hybridized carbons (Fsp3) is 0.529. The van der Waals surface area contributed by atoms with Gasteiger partial charge in [0, 0.05) is 6.42 Å². The second-order valence-corrected chi connectivity index (χ2v) is 6.14. The van der Waals surface area contributed by atoms with Gasteiger partial charge in [-0.25, -0.2) is 4.79 Å². The first-order chi connectivity index (χ1) is 10.7. The van der Waals surface area contributed by atoms with Crippen LogP contribution in [0.15, 0.2) is 18.2 Å². The van der Waals surface area contributed by atoms with E-state index in [0.717, 1.165) is 0 Å². The Morgan fingerprint density at radius 3 is 2.39 bits per heavy atom. The Hall–Kier alpha value is -2.08. The first-order valence-electron chi connectivity index (χ1n) is 7.45. The van der Waals surface area contributed by atoms with Crippen molar-refractivity contribution < 1.29 is 23.8 Å². The van der Waals surface area contributed by atoms with Gasteiger partial charge in [-0.05, 0) is 45.4 Å². The van der Waals surface area contributed by atoms with E-state index in [2.05, 4.69) is 0 Å². The summed E-state index contributed by atoms with van der Waals surface area (Å²) in [5.41, 5.74) is 4.38. The number of carbonyl (C=O) groups is 2. The van der Waals surface area contributed by atoms with Crippen LogP contribution in [-0.4, -0.2) is 31.6 Å². The molecule has 6 heteroatoms. The van der Waals surface area contributed by atoms with Gasteiger partial charge in [0.1, 0.15) is 17.4 Å². The van der Waals surface area contributed by atoms with Crippen molar-refractivity contribution in [1.82, 2.24) is 0 Å². The third kappa shape index (κ3) is 4.69. The second kappa shape index (κ2) is 7.46. The van der Waals surface area contributed by atoms with Gasteiger partial charge >= 0.3 is 5.97 Å². The van der Waals surface area contributed by atoms with E-state index in [-0.39, 0.29) is 6.42 Å². The molecule has 128 valence electrons. The van der Waals surface area contributed by atoms with Gasteiger partial charge in [0.05, 0.1) is 13.7 Å².